The predicted molar refractivity (Wildman–Crippen MR) is 189 cm³/mol. The van der Waals surface area contributed by atoms with Crippen LogP contribution in [0.4, 0.5) is 27.8 Å². The number of hydrogen-bond acceptors (Lipinski definition) is 6. The Balaban J connectivity index is 1.15. The van der Waals surface area contributed by atoms with Gasteiger partial charge in [-0.15, -0.1) is 0 Å². The lowest BCUT2D eigenvalue weighted by molar-refractivity contribution is 0.258. The molecule has 1 aliphatic heterocycles. The smallest absolute Gasteiger partial charge is 0.324 e. The Morgan fingerprint density at radius 2 is 1.70 bits per heavy atom. The van der Waals surface area contributed by atoms with Crippen molar-refractivity contribution in [3.63, 3.8) is 0 Å². The number of likely N-dealkylation sites (tertiary alicyclic amines) is 1. The molecule has 7 rings (SSSR count). The van der Waals surface area contributed by atoms with Crippen LogP contribution in [0, 0.1) is 0 Å². The van der Waals surface area contributed by atoms with Gasteiger partial charge in [-0.05, 0) is 92.9 Å². The number of para-hydroxylation sites is 1. The van der Waals surface area contributed by atoms with E-state index in [4.69, 9.17) is 9.97 Å². The molecule has 3 aromatic carbocycles. The normalized spacial score (nSPS) is 14.9. The molecule has 2 amide bonds. The van der Waals surface area contributed by atoms with Crippen LogP contribution in [0.15, 0.2) is 116 Å². The van der Waals surface area contributed by atoms with E-state index in [2.05, 4.69) is 58.6 Å². The molecule has 2 N–H and O–H groups in total. The Hall–Kier alpha value is -5.54. The van der Waals surface area contributed by atoms with Crippen LogP contribution in [0.2, 0.25) is 0 Å². The van der Waals surface area contributed by atoms with E-state index in [1.165, 1.54) is 12.0 Å². The molecule has 1 fully saturated rings. The molecule has 4 heterocycles. The zero-order valence-corrected chi connectivity index (χ0v) is 26.8. The summed E-state index contributed by atoms with van der Waals surface area (Å²) in [6.07, 6.45) is 4.94. The second-order valence-electron chi connectivity index (χ2n) is 12.2. The molecule has 1 unspecified atom stereocenters. The molecule has 0 aliphatic carbocycles. The van der Waals surface area contributed by atoms with Gasteiger partial charge in [0.15, 0.2) is 0 Å². The van der Waals surface area contributed by atoms with Crippen molar-refractivity contribution in [2.75, 3.05) is 35.7 Å². The molecule has 0 bridgehead atoms. The first-order chi connectivity index (χ1) is 22.9. The van der Waals surface area contributed by atoms with Crippen LogP contribution in [-0.4, -0.2) is 56.5 Å². The van der Waals surface area contributed by atoms with Crippen LogP contribution in [0.1, 0.15) is 31.7 Å². The number of imidazole rings is 1. The molecular formula is C38H38N8O. The quantitative estimate of drug-likeness (QED) is 0.178. The molecule has 47 heavy (non-hydrogen) atoms. The maximum absolute atomic E-state index is 13.1. The number of nitrogens with zero attached hydrogens (tertiary/aromatic N) is 6. The Kier molecular flexibility index (Phi) is 8.37. The fraction of sp³-hybridized carbons (Fsp3) is 0.211. The molecule has 0 saturated carbocycles. The maximum atomic E-state index is 13.1. The molecule has 6 aromatic rings. The minimum Gasteiger partial charge on any atom is -0.324 e. The Labute approximate surface area is 274 Å². The molecule has 9 nitrogen and oxygen atoms in total. The van der Waals surface area contributed by atoms with Gasteiger partial charge in [0.05, 0.1) is 17.1 Å². The zero-order valence-electron chi connectivity index (χ0n) is 26.8. The predicted octanol–water partition coefficient (Wildman–Crippen LogP) is 8.07. The van der Waals surface area contributed by atoms with Crippen molar-refractivity contribution in [2.45, 2.75) is 32.2 Å². The average molecular weight is 623 g/mol. The first-order valence-corrected chi connectivity index (χ1v) is 16.0. The van der Waals surface area contributed by atoms with Gasteiger partial charge in [-0.25, -0.2) is 19.7 Å². The summed E-state index contributed by atoms with van der Waals surface area (Å²) in [6, 6.07) is 34.1. The van der Waals surface area contributed by atoms with Crippen LogP contribution >= 0.6 is 0 Å². The second kappa shape index (κ2) is 13.1. The van der Waals surface area contributed by atoms with Gasteiger partial charge in [0.25, 0.3) is 0 Å². The molecule has 236 valence electrons. The van der Waals surface area contributed by atoms with E-state index in [0.29, 0.717) is 23.6 Å². The van der Waals surface area contributed by atoms with Crippen LogP contribution in [0.3, 0.4) is 0 Å². The first-order valence-electron chi connectivity index (χ1n) is 16.0. The lowest BCUT2D eigenvalue weighted by atomic mass is 9.98. The van der Waals surface area contributed by atoms with E-state index in [1.807, 2.05) is 89.5 Å². The van der Waals surface area contributed by atoms with E-state index in [9.17, 15) is 4.79 Å². The van der Waals surface area contributed by atoms with Crippen LogP contribution in [0.5, 0.6) is 0 Å². The Morgan fingerprint density at radius 3 is 2.49 bits per heavy atom. The summed E-state index contributed by atoms with van der Waals surface area (Å²) in [4.78, 5) is 31.7. The number of carbonyl (C=O) groups excluding carboxylic acids is 1. The van der Waals surface area contributed by atoms with Crippen molar-refractivity contribution in [2.24, 2.45) is 0 Å². The van der Waals surface area contributed by atoms with Crippen LogP contribution in [-0.2, 0) is 0 Å². The van der Waals surface area contributed by atoms with Crippen molar-refractivity contribution >= 4 is 34.7 Å². The molecule has 0 spiro atoms. The topological polar surface area (TPSA) is 90.7 Å². The molecular weight excluding hydrogens is 584 g/mol. The molecule has 0 radical (unpaired) electrons. The van der Waals surface area contributed by atoms with E-state index < -0.39 is 0 Å². The summed E-state index contributed by atoms with van der Waals surface area (Å²) in [5.41, 5.74) is 7.75. The number of benzene rings is 3. The van der Waals surface area contributed by atoms with Gasteiger partial charge in [-0.3, -0.25) is 9.30 Å². The largest absolute Gasteiger partial charge is 0.326 e. The fourth-order valence-corrected chi connectivity index (χ4v) is 6.21. The number of aromatic nitrogens is 4. The highest BCUT2D eigenvalue weighted by Gasteiger charge is 2.25. The lowest BCUT2D eigenvalue weighted by Crippen LogP contribution is -2.31. The monoisotopic (exact) mass is 622 g/mol. The summed E-state index contributed by atoms with van der Waals surface area (Å²) in [5, 5.41) is 6.42. The number of hydrogen-bond donors (Lipinski definition) is 2. The summed E-state index contributed by atoms with van der Waals surface area (Å²) >= 11 is 0. The van der Waals surface area contributed by atoms with E-state index in [-0.39, 0.29) is 6.03 Å². The van der Waals surface area contributed by atoms with Gasteiger partial charge in [0.1, 0.15) is 5.65 Å². The standard InChI is InChI=1S/C38H38N8O/c1-26(2)45-23-20-29(25-45)27-15-17-30(18-16-27)40-37-39-21-19-33(42-37)36-35(43-34-14-7-8-22-46(34)36)28-10-9-11-31(24-28)41-38(47)44(3)32-12-5-4-6-13-32/h4-19,21-22,24,26,29H,20,23,25H2,1-3H3,(H,41,47)(H,39,40,42). The molecule has 1 aliphatic rings. The van der Waals surface area contributed by atoms with E-state index in [1.54, 1.807) is 18.1 Å². The number of fused-ring (bicyclic) bond motifs is 1. The number of amides is 2. The van der Waals surface area contributed by atoms with Crippen molar-refractivity contribution in [3.05, 3.63) is 121 Å². The highest BCUT2D eigenvalue weighted by atomic mass is 16.2. The summed E-state index contributed by atoms with van der Waals surface area (Å²) < 4.78 is 2.03. The number of nitrogens with one attached hydrogen (secondary N) is 2. The zero-order chi connectivity index (χ0) is 32.3. The highest BCUT2D eigenvalue weighted by molar-refractivity contribution is 6.01. The third-order valence-electron chi connectivity index (χ3n) is 8.85. The van der Waals surface area contributed by atoms with Gasteiger partial charge in [0, 0.05) is 54.7 Å². The van der Waals surface area contributed by atoms with Gasteiger partial charge in [0.2, 0.25) is 5.95 Å². The number of rotatable bonds is 8. The summed E-state index contributed by atoms with van der Waals surface area (Å²) in [5.74, 6) is 1.07. The number of anilines is 4. The Morgan fingerprint density at radius 1 is 0.894 bits per heavy atom. The summed E-state index contributed by atoms with van der Waals surface area (Å²) in [7, 11) is 1.75. The molecule has 9 heteroatoms. The van der Waals surface area contributed by atoms with Crippen molar-refractivity contribution < 1.29 is 4.79 Å². The first kappa shape index (κ1) is 30.1. The molecule has 1 atom stereocenters. The Bertz CT molecular complexity index is 2000. The lowest BCUT2D eigenvalue weighted by Gasteiger charge is -2.20. The van der Waals surface area contributed by atoms with Gasteiger partial charge in [-0.2, -0.15) is 0 Å². The minimum absolute atomic E-state index is 0.233. The van der Waals surface area contributed by atoms with E-state index >= 15 is 0 Å². The van der Waals surface area contributed by atoms with Gasteiger partial charge in [-0.1, -0.05) is 48.5 Å². The third-order valence-corrected chi connectivity index (χ3v) is 8.85. The van der Waals surface area contributed by atoms with Gasteiger partial charge >= 0.3 is 6.03 Å². The number of pyridine rings is 1. The van der Waals surface area contributed by atoms with E-state index in [0.717, 1.165) is 52.8 Å². The number of urea groups is 1. The number of carbonyl (C=O) groups is 1. The maximum Gasteiger partial charge on any atom is 0.326 e. The minimum atomic E-state index is -0.233. The SMILES string of the molecule is CC(C)N1CCC(c2ccc(Nc3nccc(-c4c(-c5cccc(NC(=O)N(C)c6ccccc6)c5)nc5ccccn45)n3)cc2)C1. The van der Waals surface area contributed by atoms with Gasteiger partial charge < -0.3 is 15.5 Å². The summed E-state index contributed by atoms with van der Waals surface area (Å²) in [6.45, 7) is 6.79. The average Bonchev–Trinajstić information content (AvgIpc) is 3.75. The fourth-order valence-electron chi connectivity index (χ4n) is 6.21. The third kappa shape index (κ3) is 6.43. The molecule has 3 aromatic heterocycles. The van der Waals surface area contributed by atoms with Crippen molar-refractivity contribution in [1.82, 2.24) is 24.3 Å². The van der Waals surface area contributed by atoms with Crippen molar-refractivity contribution in [1.29, 1.82) is 0 Å². The highest BCUT2D eigenvalue weighted by Crippen LogP contribution is 2.34. The van der Waals surface area contributed by atoms with Crippen LogP contribution < -0.4 is 15.5 Å². The van der Waals surface area contributed by atoms with Crippen molar-refractivity contribution in [3.8, 4) is 22.6 Å². The second-order valence-corrected chi connectivity index (χ2v) is 12.2. The molecule has 1 saturated heterocycles. The van der Waals surface area contributed by atoms with Crippen LogP contribution in [0.25, 0.3) is 28.3 Å².